The molecule has 4 heteroatoms. The summed E-state index contributed by atoms with van der Waals surface area (Å²) < 4.78 is 0. The van der Waals surface area contributed by atoms with Crippen LogP contribution in [0.5, 0.6) is 0 Å². The van der Waals surface area contributed by atoms with Crippen molar-refractivity contribution in [2.24, 2.45) is 0 Å². The summed E-state index contributed by atoms with van der Waals surface area (Å²) in [5.74, 6) is 0.398. The number of carbonyl (C=O) groups is 2. The minimum Gasteiger partial charge on any atom is -1.00 e. The molecule has 3 aromatic rings. The van der Waals surface area contributed by atoms with E-state index in [2.05, 4.69) is 24.3 Å². The molecule has 0 aliphatic carbocycles. The molecule has 0 aromatic heterocycles. The Morgan fingerprint density at radius 3 is 1.84 bits per heavy atom. The number of benzene rings is 3. The number of Topliss-reactive ketones (excluding diaryl/α,β-unsaturated/α-hetero) is 2. The van der Waals surface area contributed by atoms with E-state index in [1.807, 2.05) is 60.7 Å². The highest BCUT2D eigenvalue weighted by atomic mass is 79.9. The molecule has 1 saturated heterocycles. The Bertz CT molecular complexity index is 1010. The second-order valence-electron chi connectivity index (χ2n) is 8.30. The van der Waals surface area contributed by atoms with Gasteiger partial charge in [0.05, 0.1) is 18.5 Å². The molecule has 0 atom stereocenters. The highest BCUT2D eigenvalue weighted by Gasteiger charge is 2.42. The van der Waals surface area contributed by atoms with Gasteiger partial charge in [-0.1, -0.05) is 84.9 Å². The first kappa shape index (κ1) is 23.1. The van der Waals surface area contributed by atoms with Crippen LogP contribution in [0, 0.1) is 0 Å². The van der Waals surface area contributed by atoms with E-state index >= 15 is 0 Å². The van der Waals surface area contributed by atoms with E-state index in [0.29, 0.717) is 6.54 Å². The average molecular weight is 478 g/mol. The number of carbonyl (C=O) groups excluding carboxylic acids is 2. The van der Waals surface area contributed by atoms with Crippen LogP contribution in [0.15, 0.2) is 84.9 Å². The largest absolute Gasteiger partial charge is 1.00 e. The molecule has 0 spiro atoms. The van der Waals surface area contributed by atoms with Crippen molar-refractivity contribution in [2.45, 2.75) is 25.2 Å². The maximum absolute atomic E-state index is 12.8. The zero-order valence-corrected chi connectivity index (χ0v) is 19.4. The van der Waals surface area contributed by atoms with Gasteiger partial charge in [0, 0.05) is 18.4 Å². The fourth-order valence-corrected chi connectivity index (χ4v) is 4.62. The molecule has 1 heterocycles. The van der Waals surface area contributed by atoms with Crippen molar-refractivity contribution in [3.05, 3.63) is 96.1 Å². The summed E-state index contributed by atoms with van der Waals surface area (Å²) in [6.07, 6.45) is 1.59. The van der Waals surface area contributed by atoms with Crippen molar-refractivity contribution in [3.63, 3.8) is 0 Å². The van der Waals surface area contributed by atoms with Gasteiger partial charge in [-0.3, -0.25) is 9.59 Å². The van der Waals surface area contributed by atoms with E-state index in [0.717, 1.165) is 48.2 Å². The summed E-state index contributed by atoms with van der Waals surface area (Å²) in [6, 6.07) is 28.2. The molecule has 0 unspecified atom stereocenters. The van der Waals surface area contributed by atoms with Gasteiger partial charge in [-0.2, -0.15) is 0 Å². The van der Waals surface area contributed by atoms with Crippen LogP contribution in [-0.2, 0) is 10.2 Å². The zero-order chi connectivity index (χ0) is 21.0. The molecule has 0 radical (unpaired) electrons. The molecule has 0 amide bonds. The van der Waals surface area contributed by atoms with Crippen molar-refractivity contribution in [1.82, 2.24) is 0 Å². The number of hydrogen-bond donors (Lipinski definition) is 1. The molecule has 1 aliphatic heterocycles. The lowest BCUT2D eigenvalue weighted by molar-refractivity contribution is -0.897. The lowest BCUT2D eigenvalue weighted by Crippen LogP contribution is -3.14. The number of quaternary nitrogens is 1. The average Bonchev–Trinajstić information content (AvgIpc) is 2.81. The molecule has 0 saturated carbocycles. The highest BCUT2D eigenvalue weighted by molar-refractivity contribution is 5.97. The van der Waals surface area contributed by atoms with Gasteiger partial charge < -0.3 is 21.9 Å². The van der Waals surface area contributed by atoms with Crippen LogP contribution in [0.1, 0.15) is 35.7 Å². The molecule has 31 heavy (non-hydrogen) atoms. The Morgan fingerprint density at radius 1 is 0.774 bits per heavy atom. The van der Waals surface area contributed by atoms with Crippen molar-refractivity contribution in [1.29, 1.82) is 0 Å². The van der Waals surface area contributed by atoms with E-state index in [9.17, 15) is 9.59 Å². The van der Waals surface area contributed by atoms with E-state index in [1.54, 1.807) is 6.92 Å². The predicted molar refractivity (Wildman–Crippen MR) is 120 cm³/mol. The molecular weight excluding hydrogens is 450 g/mol. The molecule has 1 fully saturated rings. The standard InChI is InChI=1S/C27H27NO2.BrH/c1-21(29)27(25-10-6-3-7-11-25)16-18-28(19-17-27)20-26(30)24-14-12-23(13-15-24)22-8-4-2-5-9-22;/h2-15H,16-20H2,1H3;1H. The second-order valence-corrected chi connectivity index (χ2v) is 8.30. The van der Waals surface area contributed by atoms with Gasteiger partial charge in [0.2, 0.25) is 5.78 Å². The van der Waals surface area contributed by atoms with Crippen molar-refractivity contribution < 1.29 is 31.5 Å². The Labute approximate surface area is 194 Å². The highest BCUT2D eigenvalue weighted by Crippen LogP contribution is 2.33. The minimum absolute atomic E-state index is 0. The Kier molecular flexibility index (Phi) is 7.58. The Balaban J connectivity index is 0.00000272. The van der Waals surface area contributed by atoms with Gasteiger partial charge in [-0.15, -0.1) is 0 Å². The maximum Gasteiger partial charge on any atom is 0.216 e. The van der Waals surface area contributed by atoms with Gasteiger partial charge in [0.1, 0.15) is 12.3 Å². The smallest absolute Gasteiger partial charge is 0.216 e. The van der Waals surface area contributed by atoms with Gasteiger partial charge in [-0.05, 0) is 23.6 Å². The molecule has 1 aliphatic rings. The number of rotatable bonds is 6. The van der Waals surface area contributed by atoms with E-state index in [4.69, 9.17) is 0 Å². The predicted octanol–water partition coefficient (Wildman–Crippen LogP) is 0.746. The molecule has 1 N–H and O–H groups in total. The Hall–Kier alpha value is -2.56. The van der Waals surface area contributed by atoms with Gasteiger partial charge in [0.15, 0.2) is 0 Å². The monoisotopic (exact) mass is 477 g/mol. The summed E-state index contributed by atoms with van der Waals surface area (Å²) in [5.41, 5.74) is 3.74. The lowest BCUT2D eigenvalue weighted by Gasteiger charge is -2.38. The summed E-state index contributed by atoms with van der Waals surface area (Å²) in [4.78, 5) is 26.6. The van der Waals surface area contributed by atoms with Crippen LogP contribution in [0.25, 0.3) is 11.1 Å². The lowest BCUT2D eigenvalue weighted by atomic mass is 9.70. The third kappa shape index (κ3) is 5.03. The summed E-state index contributed by atoms with van der Waals surface area (Å²) in [5, 5.41) is 0. The van der Waals surface area contributed by atoms with Crippen molar-refractivity contribution in [2.75, 3.05) is 19.6 Å². The molecule has 4 rings (SSSR count). The van der Waals surface area contributed by atoms with Gasteiger partial charge in [0.25, 0.3) is 0 Å². The minimum atomic E-state index is -0.398. The number of nitrogens with one attached hydrogen (secondary N) is 1. The van der Waals surface area contributed by atoms with Crippen LogP contribution in [0.4, 0.5) is 0 Å². The van der Waals surface area contributed by atoms with E-state index < -0.39 is 5.41 Å². The quantitative estimate of drug-likeness (QED) is 0.532. The van der Waals surface area contributed by atoms with E-state index in [1.165, 1.54) is 4.90 Å². The van der Waals surface area contributed by atoms with Crippen molar-refractivity contribution in [3.8, 4) is 11.1 Å². The van der Waals surface area contributed by atoms with Crippen LogP contribution in [0.3, 0.4) is 0 Å². The SMILES string of the molecule is CC(=O)C1(c2ccccc2)CC[NH+](CC(=O)c2ccc(-c3ccccc3)cc2)CC1.[Br-]. The fraction of sp³-hybridized carbons (Fsp3) is 0.259. The molecule has 160 valence electrons. The summed E-state index contributed by atoms with van der Waals surface area (Å²) in [6.45, 7) is 3.86. The van der Waals surface area contributed by atoms with Gasteiger partial charge >= 0.3 is 0 Å². The van der Waals surface area contributed by atoms with Crippen LogP contribution in [-0.4, -0.2) is 31.2 Å². The topological polar surface area (TPSA) is 38.6 Å². The molecular formula is C27H28BrNO2. The normalized spacial score (nSPS) is 20.5. The number of ketones is 2. The number of halogens is 1. The maximum atomic E-state index is 12.8. The van der Waals surface area contributed by atoms with E-state index in [-0.39, 0.29) is 28.5 Å². The number of piperidine rings is 1. The second kappa shape index (κ2) is 10.2. The fourth-order valence-electron chi connectivity index (χ4n) is 4.62. The third-order valence-electron chi connectivity index (χ3n) is 6.54. The summed E-state index contributed by atoms with van der Waals surface area (Å²) >= 11 is 0. The zero-order valence-electron chi connectivity index (χ0n) is 17.8. The first-order valence-electron chi connectivity index (χ1n) is 10.7. The first-order valence-corrected chi connectivity index (χ1v) is 10.7. The number of hydrogen-bond acceptors (Lipinski definition) is 2. The van der Waals surface area contributed by atoms with Crippen LogP contribution < -0.4 is 21.9 Å². The molecule has 3 aromatic carbocycles. The Morgan fingerprint density at radius 2 is 1.29 bits per heavy atom. The van der Waals surface area contributed by atoms with Gasteiger partial charge in [-0.25, -0.2) is 0 Å². The van der Waals surface area contributed by atoms with Crippen LogP contribution in [0.2, 0.25) is 0 Å². The number of likely N-dealkylation sites (tertiary alicyclic amines) is 1. The molecule has 3 nitrogen and oxygen atoms in total. The van der Waals surface area contributed by atoms with Crippen molar-refractivity contribution >= 4 is 11.6 Å². The molecule has 0 bridgehead atoms. The first-order chi connectivity index (χ1) is 14.6. The third-order valence-corrected chi connectivity index (χ3v) is 6.54. The van der Waals surface area contributed by atoms with Crippen LogP contribution >= 0.6 is 0 Å². The summed E-state index contributed by atoms with van der Waals surface area (Å²) in [7, 11) is 0.